The number of amides is 1. The van der Waals surface area contributed by atoms with Crippen LogP contribution in [-0.4, -0.2) is 15.7 Å². The highest BCUT2D eigenvalue weighted by atomic mass is 32.2. The second-order valence-electron chi connectivity index (χ2n) is 4.45. The van der Waals surface area contributed by atoms with Crippen molar-refractivity contribution in [3.63, 3.8) is 0 Å². The molecule has 0 spiro atoms. The Bertz CT molecular complexity index is 742. The van der Waals surface area contributed by atoms with Crippen molar-refractivity contribution < 1.29 is 4.79 Å². The average molecular weight is 298 g/mol. The van der Waals surface area contributed by atoms with E-state index in [4.69, 9.17) is 5.26 Å². The van der Waals surface area contributed by atoms with Crippen LogP contribution >= 0.6 is 11.8 Å². The zero-order valence-corrected chi connectivity index (χ0v) is 12.6. The normalized spacial score (nSPS) is 9.95. The number of carbonyl (C=O) groups is 1. The average Bonchev–Trinajstić information content (AvgIpc) is 2.88. The number of nitrogens with one attached hydrogen (secondary N) is 1. The molecule has 0 radical (unpaired) electrons. The van der Waals surface area contributed by atoms with E-state index in [2.05, 4.69) is 23.1 Å². The van der Waals surface area contributed by atoms with Crippen LogP contribution in [0.4, 0.5) is 0 Å². The number of hydrogen-bond acceptors (Lipinski definition) is 4. The molecule has 1 aromatic heterocycles. The van der Waals surface area contributed by atoms with Gasteiger partial charge in [-0.3, -0.25) is 9.48 Å². The van der Waals surface area contributed by atoms with Crippen molar-refractivity contribution >= 4 is 17.7 Å². The maximum Gasteiger partial charge on any atom is 0.276 e. The summed E-state index contributed by atoms with van der Waals surface area (Å²) in [7, 11) is 1.75. The fourth-order valence-electron chi connectivity index (χ4n) is 1.66. The number of rotatable bonds is 4. The SMILES string of the molecule is C=C(NC(=O)c1ccn(C)n1)Sc1cc(C#N)ccc1C. The van der Waals surface area contributed by atoms with E-state index in [0.29, 0.717) is 16.3 Å². The standard InChI is InChI=1S/C15H14N4OS/c1-10-4-5-12(9-16)8-14(10)21-11(2)17-15(20)13-6-7-19(3)18-13/h4-8H,2H2,1,3H3,(H,17,20). The molecule has 1 N–H and O–H groups in total. The fourth-order valence-corrected chi connectivity index (χ4v) is 2.49. The maximum atomic E-state index is 12.0. The van der Waals surface area contributed by atoms with Crippen molar-refractivity contribution in [2.24, 2.45) is 7.05 Å². The molecule has 0 saturated heterocycles. The molecular formula is C15H14N4OS. The van der Waals surface area contributed by atoms with E-state index in [9.17, 15) is 4.79 Å². The van der Waals surface area contributed by atoms with Crippen molar-refractivity contribution in [1.82, 2.24) is 15.1 Å². The first kappa shape index (κ1) is 14.9. The van der Waals surface area contributed by atoms with Crippen LogP contribution < -0.4 is 5.32 Å². The van der Waals surface area contributed by atoms with E-state index in [1.807, 2.05) is 13.0 Å². The second-order valence-corrected chi connectivity index (χ2v) is 5.58. The molecule has 1 heterocycles. The Morgan fingerprint density at radius 1 is 1.48 bits per heavy atom. The van der Waals surface area contributed by atoms with Gasteiger partial charge in [0.05, 0.1) is 16.7 Å². The summed E-state index contributed by atoms with van der Waals surface area (Å²) in [5.74, 6) is -0.304. The minimum absolute atomic E-state index is 0.304. The topological polar surface area (TPSA) is 70.7 Å². The quantitative estimate of drug-likeness (QED) is 0.881. The summed E-state index contributed by atoms with van der Waals surface area (Å²) in [6, 6.07) is 9.13. The summed E-state index contributed by atoms with van der Waals surface area (Å²) in [5, 5.41) is 16.1. The molecule has 0 aliphatic rings. The molecule has 0 bridgehead atoms. The zero-order valence-electron chi connectivity index (χ0n) is 11.8. The lowest BCUT2D eigenvalue weighted by Gasteiger charge is -2.09. The lowest BCUT2D eigenvalue weighted by atomic mass is 10.2. The van der Waals surface area contributed by atoms with Crippen LogP contribution in [0.5, 0.6) is 0 Å². The van der Waals surface area contributed by atoms with Gasteiger partial charge in [-0.05, 0) is 30.7 Å². The van der Waals surface area contributed by atoms with Crippen LogP contribution in [0, 0.1) is 18.3 Å². The minimum Gasteiger partial charge on any atom is -0.315 e. The molecular weight excluding hydrogens is 284 g/mol. The van der Waals surface area contributed by atoms with E-state index in [1.165, 1.54) is 11.8 Å². The van der Waals surface area contributed by atoms with Crippen LogP contribution in [-0.2, 0) is 7.05 Å². The molecule has 106 valence electrons. The molecule has 2 aromatic rings. The smallest absolute Gasteiger partial charge is 0.276 e. The fraction of sp³-hybridized carbons (Fsp3) is 0.133. The number of nitrogens with zero attached hydrogens (tertiary/aromatic N) is 3. The molecule has 1 aromatic carbocycles. The Labute approximate surface area is 127 Å². The van der Waals surface area contributed by atoms with Gasteiger partial charge in [0.15, 0.2) is 5.69 Å². The Hall–Kier alpha value is -2.52. The van der Waals surface area contributed by atoms with Crippen LogP contribution in [0.2, 0.25) is 0 Å². The third kappa shape index (κ3) is 3.74. The Morgan fingerprint density at radius 3 is 2.86 bits per heavy atom. The van der Waals surface area contributed by atoms with Crippen molar-refractivity contribution in [1.29, 1.82) is 5.26 Å². The summed E-state index contributed by atoms with van der Waals surface area (Å²) in [4.78, 5) is 12.8. The van der Waals surface area contributed by atoms with Gasteiger partial charge in [0.2, 0.25) is 0 Å². The van der Waals surface area contributed by atoms with E-state index >= 15 is 0 Å². The highest BCUT2D eigenvalue weighted by Crippen LogP contribution is 2.28. The maximum absolute atomic E-state index is 12.0. The predicted octanol–water partition coefficient (Wildman–Crippen LogP) is 2.59. The van der Waals surface area contributed by atoms with Crippen molar-refractivity contribution in [2.45, 2.75) is 11.8 Å². The van der Waals surface area contributed by atoms with Gasteiger partial charge in [0, 0.05) is 18.1 Å². The highest BCUT2D eigenvalue weighted by molar-refractivity contribution is 8.03. The van der Waals surface area contributed by atoms with Gasteiger partial charge in [0.1, 0.15) is 0 Å². The third-order valence-corrected chi connectivity index (χ3v) is 3.76. The van der Waals surface area contributed by atoms with E-state index < -0.39 is 0 Å². The Balaban J connectivity index is 2.05. The minimum atomic E-state index is -0.304. The molecule has 0 fully saturated rings. The number of aromatic nitrogens is 2. The Kier molecular flexibility index (Phi) is 4.45. The molecule has 5 nitrogen and oxygen atoms in total. The summed E-state index contributed by atoms with van der Waals surface area (Å²) in [6.45, 7) is 5.77. The van der Waals surface area contributed by atoms with Crippen molar-refractivity contribution in [3.05, 3.63) is 58.9 Å². The van der Waals surface area contributed by atoms with Gasteiger partial charge in [-0.25, -0.2) is 0 Å². The number of benzene rings is 1. The van der Waals surface area contributed by atoms with E-state index in [0.717, 1.165) is 10.5 Å². The molecule has 0 atom stereocenters. The lowest BCUT2D eigenvalue weighted by Crippen LogP contribution is -2.21. The summed E-state index contributed by atoms with van der Waals surface area (Å²) < 4.78 is 1.56. The molecule has 6 heteroatoms. The van der Waals surface area contributed by atoms with Crippen LogP contribution in [0.25, 0.3) is 0 Å². The molecule has 21 heavy (non-hydrogen) atoms. The summed E-state index contributed by atoms with van der Waals surface area (Å²) >= 11 is 1.32. The monoisotopic (exact) mass is 298 g/mol. The largest absolute Gasteiger partial charge is 0.315 e. The first-order valence-electron chi connectivity index (χ1n) is 6.18. The molecule has 2 rings (SSSR count). The van der Waals surface area contributed by atoms with Crippen molar-refractivity contribution in [2.75, 3.05) is 0 Å². The molecule has 0 saturated carbocycles. The van der Waals surface area contributed by atoms with E-state index in [1.54, 1.807) is 36.1 Å². The lowest BCUT2D eigenvalue weighted by molar-refractivity contribution is 0.0963. The first-order chi connectivity index (χ1) is 9.99. The number of aryl methyl sites for hydroxylation is 2. The number of carbonyl (C=O) groups excluding carboxylic acids is 1. The third-order valence-electron chi connectivity index (χ3n) is 2.75. The van der Waals surface area contributed by atoms with E-state index in [-0.39, 0.29) is 5.91 Å². The zero-order chi connectivity index (χ0) is 15.4. The van der Waals surface area contributed by atoms with Crippen LogP contribution in [0.1, 0.15) is 21.6 Å². The van der Waals surface area contributed by atoms with Gasteiger partial charge in [-0.1, -0.05) is 24.4 Å². The van der Waals surface area contributed by atoms with Crippen molar-refractivity contribution in [3.8, 4) is 6.07 Å². The number of hydrogen-bond donors (Lipinski definition) is 1. The van der Waals surface area contributed by atoms with Gasteiger partial charge in [0.25, 0.3) is 5.91 Å². The summed E-state index contributed by atoms with van der Waals surface area (Å²) in [5.41, 5.74) is 1.93. The number of thioether (sulfide) groups is 1. The predicted molar refractivity (Wildman–Crippen MR) is 81.6 cm³/mol. The molecule has 0 aliphatic carbocycles. The van der Waals surface area contributed by atoms with Crippen LogP contribution in [0.3, 0.4) is 0 Å². The summed E-state index contributed by atoms with van der Waals surface area (Å²) in [6.07, 6.45) is 1.70. The van der Waals surface area contributed by atoms with Gasteiger partial charge >= 0.3 is 0 Å². The van der Waals surface area contributed by atoms with Gasteiger partial charge in [-0.2, -0.15) is 10.4 Å². The van der Waals surface area contributed by atoms with Crippen LogP contribution in [0.15, 0.2) is 47.0 Å². The second kappa shape index (κ2) is 6.29. The Morgan fingerprint density at radius 2 is 2.24 bits per heavy atom. The van der Waals surface area contributed by atoms with Gasteiger partial charge in [-0.15, -0.1) is 0 Å². The first-order valence-corrected chi connectivity index (χ1v) is 7.00. The highest BCUT2D eigenvalue weighted by Gasteiger charge is 2.11. The van der Waals surface area contributed by atoms with Gasteiger partial charge < -0.3 is 5.32 Å². The molecule has 0 unspecified atom stereocenters. The molecule has 1 amide bonds. The number of nitriles is 1. The molecule has 0 aliphatic heterocycles.